The molecule has 3 N–H and O–H groups in total. The number of rotatable bonds is 6. The maximum absolute atomic E-state index is 5.72. The normalized spacial score (nSPS) is 22.0. The van der Waals surface area contributed by atoms with Crippen LogP contribution in [0.3, 0.4) is 0 Å². The molecule has 1 saturated heterocycles. The topological polar surface area (TPSA) is 68.8 Å². The Morgan fingerprint density at radius 2 is 2.50 bits per heavy atom. The first-order valence-electron chi connectivity index (χ1n) is 6.79. The number of hydrogen-bond donors (Lipinski definition) is 2. The quantitative estimate of drug-likeness (QED) is 0.602. The zero-order chi connectivity index (χ0) is 12.8. The maximum atomic E-state index is 5.72. The van der Waals surface area contributed by atoms with Crippen molar-refractivity contribution >= 4 is 11.8 Å². The highest BCUT2D eigenvalue weighted by Crippen LogP contribution is 2.28. The van der Waals surface area contributed by atoms with Crippen LogP contribution >= 0.6 is 11.8 Å². The number of thioether (sulfide) groups is 1. The van der Waals surface area contributed by atoms with Crippen molar-refractivity contribution in [3.8, 4) is 0 Å². The second kappa shape index (κ2) is 7.11. The lowest BCUT2D eigenvalue weighted by Crippen LogP contribution is -2.45. The van der Waals surface area contributed by atoms with Crippen molar-refractivity contribution in [3.05, 3.63) is 12.2 Å². The van der Waals surface area contributed by atoms with E-state index in [1.807, 2.05) is 16.4 Å². The van der Waals surface area contributed by atoms with Crippen molar-refractivity contribution in [3.63, 3.8) is 0 Å². The van der Waals surface area contributed by atoms with Crippen LogP contribution in [0.2, 0.25) is 0 Å². The van der Waals surface area contributed by atoms with Crippen LogP contribution in [0, 0.1) is 0 Å². The number of nitrogens with zero attached hydrogens (tertiary/aromatic N) is 3. The van der Waals surface area contributed by atoms with Gasteiger partial charge in [-0.3, -0.25) is 16.0 Å². The van der Waals surface area contributed by atoms with Crippen LogP contribution < -0.4 is 11.3 Å². The van der Waals surface area contributed by atoms with E-state index in [0.717, 1.165) is 25.2 Å². The van der Waals surface area contributed by atoms with Gasteiger partial charge in [-0.15, -0.1) is 0 Å². The summed E-state index contributed by atoms with van der Waals surface area (Å²) in [5, 5.41) is 4.88. The summed E-state index contributed by atoms with van der Waals surface area (Å²) in [5.41, 5.74) is 2.98. The maximum Gasteiger partial charge on any atom is 0.138 e. The minimum absolute atomic E-state index is 0.301. The molecule has 0 aromatic carbocycles. The highest BCUT2D eigenvalue weighted by atomic mass is 32.2. The second-order valence-electron chi connectivity index (χ2n) is 4.78. The van der Waals surface area contributed by atoms with Gasteiger partial charge >= 0.3 is 0 Å². The van der Waals surface area contributed by atoms with Gasteiger partial charge in [-0.25, -0.2) is 4.98 Å². The number of hydrogen-bond acceptors (Lipinski definition) is 5. The molecule has 1 aliphatic rings. The van der Waals surface area contributed by atoms with Gasteiger partial charge in [0.25, 0.3) is 0 Å². The van der Waals surface area contributed by atoms with E-state index in [2.05, 4.69) is 22.4 Å². The largest absolute Gasteiger partial charge is 0.271 e. The Morgan fingerprint density at radius 3 is 3.17 bits per heavy atom. The summed E-state index contributed by atoms with van der Waals surface area (Å²) < 4.78 is 2.00. The molecule has 0 spiro atoms. The molecule has 2 atom stereocenters. The SMILES string of the molecule is CCCn1ncnc1CC(NN)C1CCCCS1. The van der Waals surface area contributed by atoms with Crippen LogP contribution in [-0.4, -0.2) is 31.8 Å². The van der Waals surface area contributed by atoms with E-state index >= 15 is 0 Å². The molecule has 1 aromatic heterocycles. The predicted octanol–water partition coefficient (Wildman–Crippen LogP) is 1.35. The summed E-state index contributed by atoms with van der Waals surface area (Å²) in [6, 6.07) is 0.301. The Bertz CT molecular complexity index is 348. The lowest BCUT2D eigenvalue weighted by atomic mass is 10.0. The molecule has 6 heteroatoms. The van der Waals surface area contributed by atoms with E-state index in [9.17, 15) is 0 Å². The summed E-state index contributed by atoms with van der Waals surface area (Å²) in [6.45, 7) is 3.09. The second-order valence-corrected chi connectivity index (χ2v) is 6.13. The van der Waals surface area contributed by atoms with E-state index in [-0.39, 0.29) is 0 Å². The van der Waals surface area contributed by atoms with Crippen LogP contribution in [0.5, 0.6) is 0 Å². The first kappa shape index (κ1) is 13.8. The van der Waals surface area contributed by atoms with Crippen LogP contribution in [0.4, 0.5) is 0 Å². The third-order valence-corrected chi connectivity index (χ3v) is 4.93. The average molecular weight is 269 g/mol. The zero-order valence-corrected chi connectivity index (χ0v) is 11.8. The molecule has 0 saturated carbocycles. The molecule has 0 aliphatic carbocycles. The minimum Gasteiger partial charge on any atom is -0.271 e. The van der Waals surface area contributed by atoms with Gasteiger partial charge in [-0.2, -0.15) is 16.9 Å². The van der Waals surface area contributed by atoms with E-state index in [1.54, 1.807) is 6.33 Å². The van der Waals surface area contributed by atoms with E-state index in [0.29, 0.717) is 11.3 Å². The fraction of sp³-hybridized carbons (Fsp3) is 0.833. The number of aromatic nitrogens is 3. The summed E-state index contributed by atoms with van der Waals surface area (Å²) in [7, 11) is 0. The van der Waals surface area contributed by atoms with Gasteiger partial charge in [-0.1, -0.05) is 13.3 Å². The van der Waals surface area contributed by atoms with Crippen molar-refractivity contribution in [2.24, 2.45) is 5.84 Å². The van der Waals surface area contributed by atoms with E-state index in [1.165, 1.54) is 25.0 Å². The molecule has 1 fully saturated rings. The molecular formula is C12H23N5S. The van der Waals surface area contributed by atoms with Crippen LogP contribution in [0.1, 0.15) is 38.4 Å². The lowest BCUT2D eigenvalue weighted by molar-refractivity contribution is 0.448. The Hall–Kier alpha value is -0.590. The fourth-order valence-electron chi connectivity index (χ4n) is 2.42. The molecule has 5 nitrogen and oxygen atoms in total. The number of nitrogens with two attached hydrogens (primary N) is 1. The third-order valence-electron chi connectivity index (χ3n) is 3.41. The van der Waals surface area contributed by atoms with Gasteiger partial charge in [0.2, 0.25) is 0 Å². The molecule has 0 radical (unpaired) electrons. The minimum atomic E-state index is 0.301. The Balaban J connectivity index is 1.98. The molecule has 1 aromatic rings. The molecule has 2 unspecified atom stereocenters. The predicted molar refractivity (Wildman–Crippen MR) is 75.2 cm³/mol. The van der Waals surface area contributed by atoms with Crippen LogP contribution in [-0.2, 0) is 13.0 Å². The summed E-state index contributed by atoms with van der Waals surface area (Å²) in [6.07, 6.45) is 7.50. The summed E-state index contributed by atoms with van der Waals surface area (Å²) in [4.78, 5) is 4.36. The Labute approximate surface area is 113 Å². The molecule has 2 heterocycles. The third kappa shape index (κ3) is 3.46. The highest BCUT2D eigenvalue weighted by Gasteiger charge is 2.25. The van der Waals surface area contributed by atoms with E-state index in [4.69, 9.17) is 5.84 Å². The van der Waals surface area contributed by atoms with Gasteiger partial charge in [0, 0.05) is 24.3 Å². The molecule has 2 rings (SSSR count). The van der Waals surface area contributed by atoms with Gasteiger partial charge in [0.05, 0.1) is 0 Å². The van der Waals surface area contributed by atoms with Crippen molar-refractivity contribution in [1.82, 2.24) is 20.2 Å². The van der Waals surface area contributed by atoms with Gasteiger partial charge in [0.1, 0.15) is 12.2 Å². The first-order chi connectivity index (χ1) is 8.85. The summed E-state index contributed by atoms with van der Waals surface area (Å²) >= 11 is 2.04. The molecule has 0 amide bonds. The fourth-order valence-corrected chi connectivity index (χ4v) is 3.84. The van der Waals surface area contributed by atoms with Crippen LogP contribution in [0.15, 0.2) is 6.33 Å². The summed E-state index contributed by atoms with van der Waals surface area (Å²) in [5.74, 6) is 8.03. The Kier molecular flexibility index (Phi) is 5.46. The number of nitrogens with one attached hydrogen (secondary N) is 1. The first-order valence-corrected chi connectivity index (χ1v) is 7.84. The van der Waals surface area contributed by atoms with Gasteiger partial charge in [0.15, 0.2) is 0 Å². The van der Waals surface area contributed by atoms with Gasteiger partial charge in [-0.05, 0) is 25.0 Å². The monoisotopic (exact) mass is 269 g/mol. The zero-order valence-electron chi connectivity index (χ0n) is 11.0. The number of hydrazine groups is 1. The molecular weight excluding hydrogens is 246 g/mol. The molecule has 102 valence electrons. The molecule has 1 aliphatic heterocycles. The van der Waals surface area contributed by atoms with E-state index < -0.39 is 0 Å². The van der Waals surface area contributed by atoms with Crippen molar-refractivity contribution in [2.75, 3.05) is 5.75 Å². The highest BCUT2D eigenvalue weighted by molar-refractivity contribution is 8.00. The van der Waals surface area contributed by atoms with Gasteiger partial charge < -0.3 is 0 Å². The lowest BCUT2D eigenvalue weighted by Gasteiger charge is -2.29. The molecule has 0 bridgehead atoms. The molecule has 18 heavy (non-hydrogen) atoms. The number of aryl methyl sites for hydroxylation is 1. The Morgan fingerprint density at radius 1 is 1.61 bits per heavy atom. The average Bonchev–Trinajstić information content (AvgIpc) is 2.85. The van der Waals surface area contributed by atoms with Crippen molar-refractivity contribution < 1.29 is 0 Å². The standard InChI is InChI=1S/C12H23N5S/c1-2-6-17-12(14-9-15-17)8-10(16-13)11-5-3-4-7-18-11/h9-11,16H,2-8,13H2,1H3. The van der Waals surface area contributed by atoms with Crippen molar-refractivity contribution in [2.45, 2.75) is 56.9 Å². The smallest absolute Gasteiger partial charge is 0.138 e. The van der Waals surface area contributed by atoms with Crippen molar-refractivity contribution in [1.29, 1.82) is 0 Å². The van der Waals surface area contributed by atoms with Crippen LogP contribution in [0.25, 0.3) is 0 Å².